The van der Waals surface area contributed by atoms with E-state index in [9.17, 15) is 5.11 Å². The SMILES string of the molecule is Cc1ccnc(N)c1C(O)Cc1cccnc1. The molecule has 4 nitrogen and oxygen atoms in total. The fraction of sp³-hybridized carbons (Fsp3) is 0.231. The maximum atomic E-state index is 10.2. The zero-order valence-electron chi connectivity index (χ0n) is 9.67. The first-order chi connectivity index (χ1) is 8.18. The molecule has 88 valence electrons. The van der Waals surface area contributed by atoms with Gasteiger partial charge in [0.2, 0.25) is 0 Å². The van der Waals surface area contributed by atoms with Crippen molar-refractivity contribution in [3.05, 3.63) is 53.5 Å². The molecule has 3 N–H and O–H groups in total. The van der Waals surface area contributed by atoms with Gasteiger partial charge in [-0.25, -0.2) is 4.98 Å². The van der Waals surface area contributed by atoms with Crippen LogP contribution >= 0.6 is 0 Å². The fourth-order valence-corrected chi connectivity index (χ4v) is 1.87. The van der Waals surface area contributed by atoms with E-state index in [-0.39, 0.29) is 0 Å². The Hall–Kier alpha value is -1.94. The van der Waals surface area contributed by atoms with Crippen molar-refractivity contribution in [2.75, 3.05) is 5.73 Å². The van der Waals surface area contributed by atoms with Crippen molar-refractivity contribution in [3.63, 3.8) is 0 Å². The predicted octanol–water partition coefficient (Wildman–Crippen LogP) is 1.64. The number of hydrogen-bond donors (Lipinski definition) is 2. The van der Waals surface area contributed by atoms with Crippen LogP contribution in [0.1, 0.15) is 22.8 Å². The van der Waals surface area contributed by atoms with Crippen molar-refractivity contribution in [2.24, 2.45) is 0 Å². The standard InChI is InChI=1S/C13H15N3O/c1-9-4-6-16-13(14)12(9)11(17)7-10-3-2-5-15-8-10/h2-6,8,11,17H,7H2,1H3,(H2,14,16). The molecule has 0 bridgehead atoms. The predicted molar refractivity (Wildman–Crippen MR) is 66.3 cm³/mol. The number of aliphatic hydroxyl groups excluding tert-OH is 1. The number of nitrogens with zero attached hydrogens (tertiary/aromatic N) is 2. The third kappa shape index (κ3) is 2.60. The third-order valence-corrected chi connectivity index (χ3v) is 2.72. The van der Waals surface area contributed by atoms with Crippen LogP contribution in [0.3, 0.4) is 0 Å². The van der Waals surface area contributed by atoms with E-state index in [1.807, 2.05) is 25.1 Å². The highest BCUT2D eigenvalue weighted by atomic mass is 16.3. The first kappa shape index (κ1) is 11.5. The van der Waals surface area contributed by atoms with Gasteiger partial charge < -0.3 is 10.8 Å². The molecule has 17 heavy (non-hydrogen) atoms. The Kier molecular flexibility index (Phi) is 3.35. The molecule has 0 saturated heterocycles. The molecule has 2 aromatic heterocycles. The molecule has 0 radical (unpaired) electrons. The smallest absolute Gasteiger partial charge is 0.129 e. The Labute approximate surface area is 100 Å². The number of aliphatic hydroxyl groups is 1. The highest BCUT2D eigenvalue weighted by Gasteiger charge is 2.15. The van der Waals surface area contributed by atoms with Gasteiger partial charge in [-0.05, 0) is 30.2 Å². The normalized spacial score (nSPS) is 12.4. The largest absolute Gasteiger partial charge is 0.388 e. The minimum absolute atomic E-state index is 0.390. The number of nitrogen functional groups attached to an aromatic ring is 1. The summed E-state index contributed by atoms with van der Waals surface area (Å²) in [7, 11) is 0. The number of hydrogen-bond acceptors (Lipinski definition) is 4. The van der Waals surface area contributed by atoms with Gasteiger partial charge in [-0.2, -0.15) is 0 Å². The summed E-state index contributed by atoms with van der Waals surface area (Å²) in [6.45, 7) is 1.92. The lowest BCUT2D eigenvalue weighted by Crippen LogP contribution is -2.09. The van der Waals surface area contributed by atoms with Crippen LogP contribution in [0.2, 0.25) is 0 Å². The van der Waals surface area contributed by atoms with Crippen molar-refractivity contribution < 1.29 is 5.11 Å². The Morgan fingerprint density at radius 2 is 2.18 bits per heavy atom. The van der Waals surface area contributed by atoms with Gasteiger partial charge in [0.25, 0.3) is 0 Å². The minimum atomic E-state index is -0.645. The topological polar surface area (TPSA) is 72.0 Å². The molecular weight excluding hydrogens is 214 g/mol. The van der Waals surface area contributed by atoms with E-state index in [4.69, 9.17) is 5.73 Å². The summed E-state index contributed by atoms with van der Waals surface area (Å²) < 4.78 is 0. The van der Waals surface area contributed by atoms with Gasteiger partial charge in [-0.1, -0.05) is 6.07 Å². The number of nitrogens with two attached hydrogens (primary N) is 1. The lowest BCUT2D eigenvalue weighted by molar-refractivity contribution is 0.178. The average Bonchev–Trinajstić information content (AvgIpc) is 2.30. The molecule has 0 amide bonds. The van der Waals surface area contributed by atoms with Crippen LogP contribution in [0.5, 0.6) is 0 Å². The van der Waals surface area contributed by atoms with Gasteiger partial charge in [0, 0.05) is 30.6 Å². The maximum Gasteiger partial charge on any atom is 0.129 e. The molecule has 0 aliphatic carbocycles. The molecule has 2 heterocycles. The summed E-state index contributed by atoms with van der Waals surface area (Å²) >= 11 is 0. The van der Waals surface area contributed by atoms with Gasteiger partial charge in [0.15, 0.2) is 0 Å². The first-order valence-electron chi connectivity index (χ1n) is 5.46. The number of rotatable bonds is 3. The summed E-state index contributed by atoms with van der Waals surface area (Å²) in [5.74, 6) is 0.390. The monoisotopic (exact) mass is 229 g/mol. The summed E-state index contributed by atoms with van der Waals surface area (Å²) in [6.07, 6.45) is 4.94. The molecule has 0 saturated carbocycles. The fourth-order valence-electron chi connectivity index (χ4n) is 1.87. The lowest BCUT2D eigenvalue weighted by Gasteiger charge is -2.15. The summed E-state index contributed by atoms with van der Waals surface area (Å²) in [5, 5.41) is 10.2. The van der Waals surface area contributed by atoms with Gasteiger partial charge in [0.1, 0.15) is 5.82 Å². The summed E-state index contributed by atoms with van der Waals surface area (Å²) in [5.41, 5.74) is 8.42. The molecule has 0 aliphatic heterocycles. The van der Waals surface area contributed by atoms with Crippen LogP contribution in [0.25, 0.3) is 0 Å². The summed E-state index contributed by atoms with van der Waals surface area (Å²) in [6, 6.07) is 5.62. The van der Waals surface area contributed by atoms with Crippen LogP contribution in [0.15, 0.2) is 36.8 Å². The first-order valence-corrected chi connectivity index (χ1v) is 5.46. The number of anilines is 1. The van der Waals surface area contributed by atoms with Crippen LogP contribution in [-0.4, -0.2) is 15.1 Å². The van der Waals surface area contributed by atoms with Gasteiger partial charge in [-0.15, -0.1) is 0 Å². The Morgan fingerprint density at radius 3 is 2.82 bits per heavy atom. The molecule has 2 aromatic rings. The van der Waals surface area contributed by atoms with Gasteiger partial charge in [-0.3, -0.25) is 4.98 Å². The second-order valence-electron chi connectivity index (χ2n) is 4.01. The zero-order valence-corrected chi connectivity index (χ0v) is 9.67. The molecule has 1 atom stereocenters. The average molecular weight is 229 g/mol. The quantitative estimate of drug-likeness (QED) is 0.839. The van der Waals surface area contributed by atoms with E-state index in [1.165, 1.54) is 0 Å². The molecule has 0 fully saturated rings. The van der Waals surface area contributed by atoms with Crippen LogP contribution < -0.4 is 5.73 Å². The highest BCUT2D eigenvalue weighted by molar-refractivity contribution is 5.45. The number of aromatic nitrogens is 2. The lowest BCUT2D eigenvalue weighted by atomic mass is 9.99. The van der Waals surface area contributed by atoms with Crippen LogP contribution in [-0.2, 0) is 6.42 Å². The van der Waals surface area contributed by atoms with Crippen molar-refractivity contribution in [1.82, 2.24) is 9.97 Å². The Morgan fingerprint density at radius 1 is 1.35 bits per heavy atom. The molecule has 0 spiro atoms. The molecule has 2 rings (SSSR count). The van der Waals surface area contributed by atoms with E-state index in [0.717, 1.165) is 11.1 Å². The summed E-state index contributed by atoms with van der Waals surface area (Å²) in [4.78, 5) is 8.02. The van der Waals surface area contributed by atoms with E-state index in [0.29, 0.717) is 17.8 Å². The molecule has 4 heteroatoms. The van der Waals surface area contributed by atoms with Gasteiger partial charge in [0.05, 0.1) is 6.10 Å². The van der Waals surface area contributed by atoms with E-state index >= 15 is 0 Å². The zero-order chi connectivity index (χ0) is 12.3. The second-order valence-corrected chi connectivity index (χ2v) is 4.01. The molecular formula is C13H15N3O. The number of pyridine rings is 2. The molecule has 0 aromatic carbocycles. The van der Waals surface area contributed by atoms with Gasteiger partial charge >= 0.3 is 0 Å². The van der Waals surface area contributed by atoms with E-state index in [2.05, 4.69) is 9.97 Å². The van der Waals surface area contributed by atoms with Crippen molar-refractivity contribution in [3.8, 4) is 0 Å². The molecule has 0 aliphatic rings. The number of aryl methyl sites for hydroxylation is 1. The van der Waals surface area contributed by atoms with E-state index < -0.39 is 6.10 Å². The Balaban J connectivity index is 2.23. The Bertz CT molecular complexity index is 479. The van der Waals surface area contributed by atoms with Crippen LogP contribution in [0.4, 0.5) is 5.82 Å². The third-order valence-electron chi connectivity index (χ3n) is 2.72. The van der Waals surface area contributed by atoms with Crippen molar-refractivity contribution >= 4 is 5.82 Å². The minimum Gasteiger partial charge on any atom is -0.388 e. The van der Waals surface area contributed by atoms with E-state index in [1.54, 1.807) is 18.6 Å². The van der Waals surface area contributed by atoms with Crippen molar-refractivity contribution in [1.29, 1.82) is 0 Å². The molecule has 1 unspecified atom stereocenters. The van der Waals surface area contributed by atoms with Crippen molar-refractivity contribution in [2.45, 2.75) is 19.4 Å². The van der Waals surface area contributed by atoms with Crippen LogP contribution in [0, 0.1) is 6.92 Å². The maximum absolute atomic E-state index is 10.2. The highest BCUT2D eigenvalue weighted by Crippen LogP contribution is 2.25. The second kappa shape index (κ2) is 4.93.